The van der Waals surface area contributed by atoms with Crippen LogP contribution in [0, 0.1) is 17.5 Å². The van der Waals surface area contributed by atoms with Gasteiger partial charge in [0.15, 0.2) is 23.1 Å². The fraction of sp³-hybridized carbons (Fsp3) is 0.424. The number of benzene rings is 3. The maximum absolute atomic E-state index is 15.0. The molecule has 1 aliphatic rings. The highest BCUT2D eigenvalue weighted by Crippen LogP contribution is 2.37. The number of carbonyl (C=O) groups excluding carboxylic acids is 1. The molecule has 1 aliphatic carbocycles. The Kier molecular flexibility index (Phi) is 10.6. The van der Waals surface area contributed by atoms with E-state index in [1.54, 1.807) is 24.3 Å². The van der Waals surface area contributed by atoms with Crippen molar-refractivity contribution in [2.75, 3.05) is 13.2 Å². The monoisotopic (exact) mass is 554 g/mol. The summed E-state index contributed by atoms with van der Waals surface area (Å²) in [4.78, 5) is 12.7. The highest BCUT2D eigenvalue weighted by Gasteiger charge is 2.27. The molecule has 7 heteroatoms. The van der Waals surface area contributed by atoms with Gasteiger partial charge in [0, 0.05) is 6.61 Å². The molecule has 0 N–H and O–H groups in total. The molecule has 0 radical (unpaired) electrons. The lowest BCUT2D eigenvalue weighted by atomic mass is 9.82. The van der Waals surface area contributed by atoms with Gasteiger partial charge in [-0.25, -0.2) is 13.6 Å². The van der Waals surface area contributed by atoms with Crippen LogP contribution in [0.4, 0.5) is 13.2 Å². The lowest BCUT2D eigenvalue weighted by Gasteiger charge is -2.29. The topological polar surface area (TPSA) is 44.8 Å². The van der Waals surface area contributed by atoms with Gasteiger partial charge in [0.1, 0.15) is 0 Å². The summed E-state index contributed by atoms with van der Waals surface area (Å²) in [5.41, 5.74) is 1.77. The van der Waals surface area contributed by atoms with Crippen LogP contribution in [0.5, 0.6) is 11.5 Å². The first-order valence-electron chi connectivity index (χ1n) is 14.3. The van der Waals surface area contributed by atoms with Crippen LogP contribution in [0.25, 0.3) is 11.1 Å². The Bertz CT molecular complexity index is 1270. The molecule has 4 rings (SSSR count). The van der Waals surface area contributed by atoms with E-state index in [0.29, 0.717) is 23.3 Å². The van der Waals surface area contributed by atoms with Gasteiger partial charge in [-0.3, -0.25) is 0 Å². The van der Waals surface area contributed by atoms with Gasteiger partial charge in [0.05, 0.1) is 18.3 Å². The van der Waals surface area contributed by atoms with Gasteiger partial charge in [-0.05, 0) is 91.5 Å². The number of carbonyl (C=O) groups is 1. The Morgan fingerprint density at radius 3 is 2.10 bits per heavy atom. The quantitative estimate of drug-likeness (QED) is 0.127. The molecule has 40 heavy (non-hydrogen) atoms. The fourth-order valence-electron chi connectivity index (χ4n) is 4.96. The number of unbranched alkanes of at least 4 members (excludes halogenated alkanes) is 2. The third kappa shape index (κ3) is 7.45. The average molecular weight is 555 g/mol. The Labute approximate surface area is 234 Å². The third-order valence-corrected chi connectivity index (χ3v) is 7.39. The molecule has 1 fully saturated rings. The first-order chi connectivity index (χ1) is 19.4. The van der Waals surface area contributed by atoms with Crippen molar-refractivity contribution in [3.05, 3.63) is 83.2 Å². The van der Waals surface area contributed by atoms with Crippen LogP contribution < -0.4 is 9.47 Å². The summed E-state index contributed by atoms with van der Waals surface area (Å²) in [6, 6.07) is 13.8. The highest BCUT2D eigenvalue weighted by atomic mass is 19.2. The summed E-state index contributed by atoms with van der Waals surface area (Å²) >= 11 is 0. The number of esters is 1. The maximum Gasteiger partial charge on any atom is 0.343 e. The summed E-state index contributed by atoms with van der Waals surface area (Å²) < 4.78 is 60.9. The van der Waals surface area contributed by atoms with Crippen molar-refractivity contribution in [1.29, 1.82) is 0 Å². The minimum atomic E-state index is -1.17. The Morgan fingerprint density at radius 2 is 1.43 bits per heavy atom. The standard InChI is InChI=1S/C33H37F3O4/c1-3-5-19-38-26-14-11-23(12-15-26)27-16-18-30(32(36)31(27)35)40-33(37)24-9-7-22(8-10-24)25-13-17-29(28(34)21-25)39-20-6-4-2/h7-10,13,16-18,21,23,26H,3-6,11-12,14-15,19-20H2,1-2H3. The van der Waals surface area contributed by atoms with Crippen LogP contribution in [-0.4, -0.2) is 25.3 Å². The van der Waals surface area contributed by atoms with E-state index >= 15 is 0 Å². The van der Waals surface area contributed by atoms with E-state index in [-0.39, 0.29) is 23.3 Å². The molecule has 0 unspecified atom stereocenters. The molecule has 0 saturated heterocycles. The van der Waals surface area contributed by atoms with E-state index in [4.69, 9.17) is 14.2 Å². The van der Waals surface area contributed by atoms with Crippen LogP contribution in [0.2, 0.25) is 0 Å². The zero-order chi connectivity index (χ0) is 28.5. The second-order valence-corrected chi connectivity index (χ2v) is 10.3. The number of ether oxygens (including phenoxy) is 3. The van der Waals surface area contributed by atoms with Crippen LogP contribution in [0.15, 0.2) is 54.6 Å². The molecule has 3 aromatic rings. The van der Waals surface area contributed by atoms with Gasteiger partial charge in [0.25, 0.3) is 0 Å². The van der Waals surface area contributed by atoms with Gasteiger partial charge >= 0.3 is 5.97 Å². The molecular weight excluding hydrogens is 517 g/mol. The van der Waals surface area contributed by atoms with E-state index in [1.165, 1.54) is 30.3 Å². The molecule has 3 aromatic carbocycles. The van der Waals surface area contributed by atoms with Crippen LogP contribution in [-0.2, 0) is 4.74 Å². The van der Waals surface area contributed by atoms with Crippen molar-refractivity contribution >= 4 is 5.97 Å². The van der Waals surface area contributed by atoms with E-state index in [2.05, 4.69) is 6.92 Å². The summed E-state index contributed by atoms with van der Waals surface area (Å²) in [7, 11) is 0. The summed E-state index contributed by atoms with van der Waals surface area (Å²) in [6.07, 6.45) is 7.13. The first kappa shape index (κ1) is 29.7. The van der Waals surface area contributed by atoms with E-state index in [9.17, 15) is 18.0 Å². The third-order valence-electron chi connectivity index (χ3n) is 7.39. The normalized spacial score (nSPS) is 17.0. The first-order valence-corrected chi connectivity index (χ1v) is 14.3. The minimum absolute atomic E-state index is 0.0976. The van der Waals surface area contributed by atoms with Gasteiger partial charge in [-0.2, -0.15) is 4.39 Å². The van der Waals surface area contributed by atoms with E-state index in [0.717, 1.165) is 58.0 Å². The number of hydrogen-bond donors (Lipinski definition) is 0. The minimum Gasteiger partial charge on any atom is -0.491 e. The molecule has 0 spiro atoms. The van der Waals surface area contributed by atoms with Crippen LogP contribution in [0.3, 0.4) is 0 Å². The highest BCUT2D eigenvalue weighted by molar-refractivity contribution is 5.91. The summed E-state index contributed by atoms with van der Waals surface area (Å²) in [5, 5.41) is 0. The number of hydrogen-bond acceptors (Lipinski definition) is 4. The average Bonchev–Trinajstić information content (AvgIpc) is 2.97. The molecule has 0 amide bonds. The van der Waals surface area contributed by atoms with Crippen molar-refractivity contribution in [3.8, 4) is 22.6 Å². The van der Waals surface area contributed by atoms with E-state index in [1.807, 2.05) is 6.92 Å². The summed E-state index contributed by atoms with van der Waals surface area (Å²) in [6.45, 7) is 5.33. The largest absolute Gasteiger partial charge is 0.491 e. The molecule has 1 saturated carbocycles. The predicted molar refractivity (Wildman–Crippen MR) is 149 cm³/mol. The predicted octanol–water partition coefficient (Wildman–Crippen LogP) is 9.01. The van der Waals surface area contributed by atoms with Crippen molar-refractivity contribution < 1.29 is 32.2 Å². The lowest BCUT2D eigenvalue weighted by molar-refractivity contribution is 0.0230. The number of rotatable bonds is 12. The Morgan fingerprint density at radius 1 is 0.775 bits per heavy atom. The van der Waals surface area contributed by atoms with Crippen LogP contribution in [0.1, 0.15) is 87.1 Å². The smallest absolute Gasteiger partial charge is 0.343 e. The van der Waals surface area contributed by atoms with Crippen LogP contribution >= 0.6 is 0 Å². The van der Waals surface area contributed by atoms with E-state index < -0.39 is 29.2 Å². The fourth-order valence-corrected chi connectivity index (χ4v) is 4.96. The molecule has 0 bridgehead atoms. The Balaban J connectivity index is 1.37. The second kappa shape index (κ2) is 14.4. The SMILES string of the molecule is CCCCOc1ccc(-c2ccc(C(=O)Oc3ccc(C4CCC(OCCCC)CC4)c(F)c3F)cc2)cc1F. The lowest BCUT2D eigenvalue weighted by Crippen LogP contribution is -2.22. The van der Waals surface area contributed by atoms with Gasteiger partial charge in [-0.1, -0.05) is 51.0 Å². The molecule has 0 atom stereocenters. The molecule has 214 valence electrons. The molecule has 0 aromatic heterocycles. The van der Waals surface area contributed by atoms with Gasteiger partial charge < -0.3 is 14.2 Å². The molecule has 0 heterocycles. The number of halogens is 3. The van der Waals surface area contributed by atoms with Crippen molar-refractivity contribution in [3.63, 3.8) is 0 Å². The zero-order valence-corrected chi connectivity index (χ0v) is 23.2. The van der Waals surface area contributed by atoms with Gasteiger partial charge in [-0.15, -0.1) is 0 Å². The Hall–Kier alpha value is -3.32. The van der Waals surface area contributed by atoms with Crippen molar-refractivity contribution in [1.82, 2.24) is 0 Å². The van der Waals surface area contributed by atoms with Gasteiger partial charge in [0.2, 0.25) is 5.82 Å². The molecule has 0 aliphatic heterocycles. The molecular formula is C33H37F3O4. The van der Waals surface area contributed by atoms with Crippen molar-refractivity contribution in [2.24, 2.45) is 0 Å². The maximum atomic E-state index is 15.0. The zero-order valence-electron chi connectivity index (χ0n) is 23.2. The second-order valence-electron chi connectivity index (χ2n) is 10.3. The molecule has 4 nitrogen and oxygen atoms in total. The summed E-state index contributed by atoms with van der Waals surface area (Å²) in [5.74, 6) is -3.77. The van der Waals surface area contributed by atoms with Crippen molar-refractivity contribution in [2.45, 2.75) is 77.2 Å².